The first-order chi connectivity index (χ1) is 12.5. The van der Waals surface area contributed by atoms with E-state index in [1.54, 1.807) is 6.07 Å². The van der Waals surface area contributed by atoms with Crippen LogP contribution in [0, 0.1) is 0 Å². The van der Waals surface area contributed by atoms with Crippen LogP contribution in [0.2, 0.25) is 10.0 Å². The molecule has 0 bridgehead atoms. The molecule has 1 N–H and O–H groups in total. The van der Waals surface area contributed by atoms with E-state index in [0.717, 1.165) is 19.5 Å². The van der Waals surface area contributed by atoms with Crippen LogP contribution in [0.25, 0.3) is 0 Å². The minimum Gasteiger partial charge on any atom is -0.372 e. The average molecular weight is 413 g/mol. The molecule has 3 rings (SSSR count). The minimum absolute atomic E-state index is 0.0154. The number of anilines is 1. The van der Waals surface area contributed by atoms with E-state index in [4.69, 9.17) is 23.2 Å². The van der Waals surface area contributed by atoms with Crippen molar-refractivity contribution in [3.63, 3.8) is 0 Å². The lowest BCUT2D eigenvalue weighted by molar-refractivity contribution is 0.579. The van der Waals surface area contributed by atoms with Gasteiger partial charge in [-0.25, -0.2) is 13.1 Å². The summed E-state index contributed by atoms with van der Waals surface area (Å²) in [6, 6.07) is 13.0. The van der Waals surface area contributed by atoms with Crippen molar-refractivity contribution < 1.29 is 8.42 Å². The summed E-state index contributed by atoms with van der Waals surface area (Å²) in [7, 11) is -3.66. The van der Waals surface area contributed by atoms with Crippen molar-refractivity contribution in [3.8, 4) is 0 Å². The first kappa shape index (κ1) is 19.5. The highest BCUT2D eigenvalue weighted by molar-refractivity contribution is 7.89. The number of hydrogen-bond acceptors (Lipinski definition) is 3. The Labute approximate surface area is 165 Å². The van der Waals surface area contributed by atoms with Crippen molar-refractivity contribution >= 4 is 38.9 Å². The maximum absolute atomic E-state index is 12.3. The van der Waals surface area contributed by atoms with Gasteiger partial charge in [0.1, 0.15) is 4.90 Å². The van der Waals surface area contributed by atoms with Crippen molar-refractivity contribution in [2.75, 3.05) is 24.5 Å². The van der Waals surface area contributed by atoms with Gasteiger partial charge >= 0.3 is 0 Å². The molecule has 1 aliphatic rings. The largest absolute Gasteiger partial charge is 0.372 e. The number of hydrogen-bond donors (Lipinski definition) is 1. The lowest BCUT2D eigenvalue weighted by Crippen LogP contribution is -2.25. The number of nitrogens with one attached hydrogen (secondary N) is 1. The molecule has 140 valence electrons. The molecule has 0 spiro atoms. The monoisotopic (exact) mass is 412 g/mol. The second-order valence-corrected chi connectivity index (χ2v) is 9.02. The summed E-state index contributed by atoms with van der Waals surface area (Å²) in [5.74, 6) is 0. The van der Waals surface area contributed by atoms with Crippen molar-refractivity contribution in [1.29, 1.82) is 0 Å². The summed E-state index contributed by atoms with van der Waals surface area (Å²) < 4.78 is 27.3. The Morgan fingerprint density at radius 1 is 1.00 bits per heavy atom. The molecular weight excluding hydrogens is 391 g/mol. The van der Waals surface area contributed by atoms with Gasteiger partial charge in [0.25, 0.3) is 0 Å². The molecule has 1 aliphatic heterocycles. The number of sulfonamides is 1. The van der Waals surface area contributed by atoms with Crippen molar-refractivity contribution in [1.82, 2.24) is 4.72 Å². The molecule has 4 nitrogen and oxygen atoms in total. The van der Waals surface area contributed by atoms with Crippen LogP contribution in [0.3, 0.4) is 0 Å². The van der Waals surface area contributed by atoms with E-state index in [1.807, 2.05) is 0 Å². The fraction of sp³-hybridized carbons (Fsp3) is 0.368. The van der Waals surface area contributed by atoms with Gasteiger partial charge in [0.2, 0.25) is 10.0 Å². The summed E-state index contributed by atoms with van der Waals surface area (Å²) in [5.41, 5.74) is 2.47. The van der Waals surface area contributed by atoms with Gasteiger partial charge in [-0.1, -0.05) is 35.3 Å². The Morgan fingerprint density at radius 2 is 1.69 bits per heavy atom. The van der Waals surface area contributed by atoms with E-state index in [2.05, 4.69) is 33.9 Å². The fourth-order valence-corrected chi connectivity index (χ4v) is 4.94. The lowest BCUT2D eigenvalue weighted by Gasteiger charge is -2.17. The standard InChI is InChI=1S/C19H22Cl2N2O2S/c20-16-7-10-18(21)19(14-16)26(24,25)22-11-3-4-15-5-8-17(9-6-15)23-12-1-2-13-23/h5-10,14,22H,1-4,11-13H2. The summed E-state index contributed by atoms with van der Waals surface area (Å²) in [5, 5.41) is 0.507. The molecule has 1 saturated heterocycles. The van der Waals surface area contributed by atoms with Gasteiger partial charge in [0.05, 0.1) is 5.02 Å². The molecule has 26 heavy (non-hydrogen) atoms. The molecule has 0 saturated carbocycles. The summed E-state index contributed by atoms with van der Waals surface area (Å²) in [6.07, 6.45) is 4.05. The van der Waals surface area contributed by atoms with Crippen LogP contribution < -0.4 is 9.62 Å². The third-order valence-corrected chi connectivity index (χ3v) is 6.70. The van der Waals surface area contributed by atoms with Crippen LogP contribution in [0.5, 0.6) is 0 Å². The number of nitrogens with zero attached hydrogens (tertiary/aromatic N) is 1. The van der Waals surface area contributed by atoms with Crippen LogP contribution in [-0.2, 0) is 16.4 Å². The summed E-state index contributed by atoms with van der Waals surface area (Å²) >= 11 is 11.8. The average Bonchev–Trinajstić information content (AvgIpc) is 3.16. The Hall–Kier alpha value is -1.27. The van der Waals surface area contributed by atoms with Crippen LogP contribution in [-0.4, -0.2) is 28.1 Å². The predicted octanol–water partition coefficient (Wildman–Crippen LogP) is 4.50. The van der Waals surface area contributed by atoms with E-state index in [1.165, 1.54) is 36.2 Å². The Kier molecular flexibility index (Phi) is 6.46. The maximum atomic E-state index is 12.3. The van der Waals surface area contributed by atoms with Crippen LogP contribution >= 0.6 is 23.2 Å². The highest BCUT2D eigenvalue weighted by atomic mass is 35.5. The maximum Gasteiger partial charge on any atom is 0.242 e. The normalized spacial score (nSPS) is 14.8. The zero-order chi connectivity index (χ0) is 18.6. The Morgan fingerprint density at radius 3 is 2.38 bits per heavy atom. The minimum atomic E-state index is -3.66. The lowest BCUT2D eigenvalue weighted by atomic mass is 10.1. The number of rotatable bonds is 7. The number of halogens is 2. The van der Waals surface area contributed by atoms with Gasteiger partial charge in [0.15, 0.2) is 0 Å². The number of benzene rings is 2. The molecule has 7 heteroatoms. The fourth-order valence-electron chi connectivity index (χ4n) is 3.11. The van der Waals surface area contributed by atoms with Crippen LogP contribution in [0.4, 0.5) is 5.69 Å². The molecule has 0 amide bonds. The molecule has 1 heterocycles. The van der Waals surface area contributed by atoms with E-state index >= 15 is 0 Å². The SMILES string of the molecule is O=S(=O)(NCCCc1ccc(N2CCCC2)cc1)c1cc(Cl)ccc1Cl. The van der Waals surface area contributed by atoms with E-state index < -0.39 is 10.0 Å². The molecular formula is C19H22Cl2N2O2S. The van der Waals surface area contributed by atoms with Gasteiger partial charge in [-0.3, -0.25) is 0 Å². The van der Waals surface area contributed by atoms with E-state index in [0.29, 0.717) is 18.0 Å². The summed E-state index contributed by atoms with van der Waals surface area (Å²) in [4.78, 5) is 2.41. The molecule has 2 aromatic carbocycles. The second-order valence-electron chi connectivity index (χ2n) is 6.44. The third kappa shape index (κ3) is 4.92. The topological polar surface area (TPSA) is 49.4 Å². The zero-order valence-corrected chi connectivity index (χ0v) is 16.7. The van der Waals surface area contributed by atoms with Crippen LogP contribution in [0.15, 0.2) is 47.4 Å². The Bertz CT molecular complexity index is 848. The highest BCUT2D eigenvalue weighted by Crippen LogP contribution is 2.25. The van der Waals surface area contributed by atoms with Gasteiger partial charge < -0.3 is 4.90 Å². The molecule has 0 radical (unpaired) electrons. The first-order valence-corrected chi connectivity index (χ1v) is 11.0. The molecule has 0 aliphatic carbocycles. The second kappa shape index (κ2) is 8.61. The quantitative estimate of drug-likeness (QED) is 0.680. The zero-order valence-electron chi connectivity index (χ0n) is 14.4. The first-order valence-electron chi connectivity index (χ1n) is 8.74. The molecule has 0 atom stereocenters. The molecule has 2 aromatic rings. The molecule has 0 unspecified atom stereocenters. The molecule has 0 aromatic heterocycles. The summed E-state index contributed by atoms with van der Waals surface area (Å²) in [6.45, 7) is 2.61. The Balaban J connectivity index is 1.51. The number of aryl methyl sites for hydroxylation is 1. The van der Waals surface area contributed by atoms with Gasteiger partial charge in [-0.2, -0.15) is 0 Å². The van der Waals surface area contributed by atoms with Gasteiger partial charge in [0, 0.05) is 30.3 Å². The van der Waals surface area contributed by atoms with Crippen molar-refractivity contribution in [2.45, 2.75) is 30.6 Å². The van der Waals surface area contributed by atoms with Gasteiger partial charge in [-0.05, 0) is 61.6 Å². The van der Waals surface area contributed by atoms with Crippen molar-refractivity contribution in [2.24, 2.45) is 0 Å². The van der Waals surface area contributed by atoms with Gasteiger partial charge in [-0.15, -0.1) is 0 Å². The highest BCUT2D eigenvalue weighted by Gasteiger charge is 2.17. The van der Waals surface area contributed by atoms with Crippen LogP contribution in [0.1, 0.15) is 24.8 Å². The predicted molar refractivity (Wildman–Crippen MR) is 108 cm³/mol. The smallest absolute Gasteiger partial charge is 0.242 e. The molecule has 1 fully saturated rings. The van der Waals surface area contributed by atoms with E-state index in [9.17, 15) is 8.42 Å². The third-order valence-electron chi connectivity index (χ3n) is 4.52. The van der Waals surface area contributed by atoms with Crippen molar-refractivity contribution in [3.05, 3.63) is 58.1 Å². The van der Waals surface area contributed by atoms with E-state index in [-0.39, 0.29) is 9.92 Å².